The molecule has 0 saturated heterocycles. The van der Waals surface area contributed by atoms with Gasteiger partial charge in [0.05, 0.1) is 19.3 Å². The Morgan fingerprint density at radius 1 is 1.23 bits per heavy atom. The van der Waals surface area contributed by atoms with E-state index in [-0.39, 0.29) is 23.4 Å². The van der Waals surface area contributed by atoms with E-state index in [1.807, 2.05) is 0 Å². The van der Waals surface area contributed by atoms with E-state index >= 15 is 0 Å². The molecule has 0 fully saturated rings. The Labute approximate surface area is 124 Å². The number of nitrogens with one attached hydrogen (secondary N) is 1. The van der Waals surface area contributed by atoms with E-state index in [4.69, 9.17) is 9.47 Å². The third-order valence-corrected chi connectivity index (χ3v) is 3.04. The number of hydrogen-bond donors (Lipinski definition) is 1. The van der Waals surface area contributed by atoms with Crippen molar-refractivity contribution >= 4 is 5.97 Å². The van der Waals surface area contributed by atoms with Crippen LogP contribution in [-0.2, 0) is 10.9 Å². The van der Waals surface area contributed by atoms with E-state index in [9.17, 15) is 18.0 Å². The lowest BCUT2D eigenvalue weighted by molar-refractivity contribution is -0.137. The first-order valence-corrected chi connectivity index (χ1v) is 6.48. The first-order chi connectivity index (χ1) is 10.4. The lowest BCUT2D eigenvalue weighted by Gasteiger charge is -2.10. The maximum Gasteiger partial charge on any atom is 0.418 e. The van der Waals surface area contributed by atoms with Crippen molar-refractivity contribution in [2.45, 2.75) is 13.1 Å². The highest BCUT2D eigenvalue weighted by atomic mass is 19.4. The lowest BCUT2D eigenvalue weighted by Crippen LogP contribution is -2.09. The third-order valence-electron chi connectivity index (χ3n) is 3.04. The highest BCUT2D eigenvalue weighted by molar-refractivity contribution is 5.96. The Morgan fingerprint density at radius 2 is 1.86 bits per heavy atom. The smallest absolute Gasteiger partial charge is 0.418 e. The number of esters is 1. The van der Waals surface area contributed by atoms with Gasteiger partial charge in [-0.05, 0) is 24.6 Å². The molecule has 0 aliphatic carbocycles. The van der Waals surface area contributed by atoms with Crippen molar-refractivity contribution in [3.05, 3.63) is 41.7 Å². The molecule has 1 aromatic heterocycles. The van der Waals surface area contributed by atoms with Gasteiger partial charge in [0.25, 0.3) is 0 Å². The minimum atomic E-state index is -4.59. The number of carbonyl (C=O) groups is 1. The number of rotatable bonds is 4. The quantitative estimate of drug-likeness (QED) is 0.871. The van der Waals surface area contributed by atoms with Gasteiger partial charge in [-0.1, -0.05) is 12.1 Å². The summed E-state index contributed by atoms with van der Waals surface area (Å²) >= 11 is 0. The highest BCUT2D eigenvalue weighted by Gasteiger charge is 2.37. The van der Waals surface area contributed by atoms with Crippen LogP contribution in [0.3, 0.4) is 0 Å². The SMILES string of the molecule is CCOC(=O)c1[nH]cc(C(F)(F)F)c1-c1ccc(OC)cc1. The van der Waals surface area contributed by atoms with E-state index in [1.165, 1.54) is 31.4 Å². The number of aromatic amines is 1. The number of benzene rings is 1. The number of halogens is 3. The molecule has 1 N–H and O–H groups in total. The van der Waals surface area contributed by atoms with Crippen molar-refractivity contribution < 1.29 is 27.4 Å². The second-order valence-corrected chi connectivity index (χ2v) is 4.40. The fraction of sp³-hybridized carbons (Fsp3) is 0.267. The molecule has 1 aromatic carbocycles. The molecular weight excluding hydrogens is 299 g/mol. The summed E-state index contributed by atoms with van der Waals surface area (Å²) in [6, 6.07) is 5.97. The van der Waals surface area contributed by atoms with Gasteiger partial charge >= 0.3 is 12.1 Å². The Balaban J connectivity index is 2.58. The molecule has 22 heavy (non-hydrogen) atoms. The summed E-state index contributed by atoms with van der Waals surface area (Å²) in [6.45, 7) is 1.65. The first-order valence-electron chi connectivity index (χ1n) is 6.48. The average Bonchev–Trinajstić information content (AvgIpc) is 2.92. The van der Waals surface area contributed by atoms with Crippen LogP contribution in [0.25, 0.3) is 11.1 Å². The molecule has 7 heteroatoms. The van der Waals surface area contributed by atoms with Crippen molar-refractivity contribution in [2.75, 3.05) is 13.7 Å². The van der Waals surface area contributed by atoms with Crippen LogP contribution >= 0.6 is 0 Å². The molecule has 118 valence electrons. The molecule has 0 saturated carbocycles. The molecule has 0 radical (unpaired) electrons. The Hall–Kier alpha value is -2.44. The minimum Gasteiger partial charge on any atom is -0.497 e. The largest absolute Gasteiger partial charge is 0.497 e. The molecule has 2 aromatic rings. The number of H-pyrrole nitrogens is 1. The zero-order chi connectivity index (χ0) is 16.3. The number of methoxy groups -OCH3 is 1. The van der Waals surface area contributed by atoms with Crippen LogP contribution in [0.4, 0.5) is 13.2 Å². The molecule has 0 aliphatic heterocycles. The second kappa shape index (κ2) is 6.13. The van der Waals surface area contributed by atoms with Crippen LogP contribution in [0.2, 0.25) is 0 Å². The van der Waals surface area contributed by atoms with Crippen LogP contribution in [0.5, 0.6) is 5.75 Å². The third kappa shape index (κ3) is 3.08. The molecular formula is C15H14F3NO3. The van der Waals surface area contributed by atoms with Gasteiger partial charge in [0.15, 0.2) is 0 Å². The predicted molar refractivity (Wildman–Crippen MR) is 73.7 cm³/mol. The van der Waals surface area contributed by atoms with E-state index in [2.05, 4.69) is 4.98 Å². The summed E-state index contributed by atoms with van der Waals surface area (Å²) in [5, 5.41) is 0. The summed E-state index contributed by atoms with van der Waals surface area (Å²) in [5.41, 5.74) is -1.12. The summed E-state index contributed by atoms with van der Waals surface area (Å²) in [6.07, 6.45) is -3.82. The first kappa shape index (κ1) is 15.9. The van der Waals surface area contributed by atoms with Crippen LogP contribution in [0.1, 0.15) is 23.0 Å². The van der Waals surface area contributed by atoms with Gasteiger partial charge in [0.1, 0.15) is 11.4 Å². The monoisotopic (exact) mass is 313 g/mol. The summed E-state index contributed by atoms with van der Waals surface area (Å²) < 4.78 is 49.2. The van der Waals surface area contributed by atoms with Crippen LogP contribution in [0.15, 0.2) is 30.5 Å². The van der Waals surface area contributed by atoms with Crippen molar-refractivity contribution in [3.63, 3.8) is 0 Å². The van der Waals surface area contributed by atoms with Crippen LogP contribution in [0, 0.1) is 0 Å². The van der Waals surface area contributed by atoms with Crippen molar-refractivity contribution in [2.24, 2.45) is 0 Å². The van der Waals surface area contributed by atoms with Gasteiger partial charge < -0.3 is 14.5 Å². The molecule has 2 rings (SSSR count). The maximum atomic E-state index is 13.1. The van der Waals surface area contributed by atoms with Gasteiger partial charge in [0, 0.05) is 11.8 Å². The number of carbonyl (C=O) groups excluding carboxylic acids is 1. The molecule has 0 spiro atoms. The predicted octanol–water partition coefficient (Wildman–Crippen LogP) is 3.89. The van der Waals surface area contributed by atoms with Gasteiger partial charge in [-0.15, -0.1) is 0 Å². The summed E-state index contributed by atoms with van der Waals surface area (Å²) in [5.74, 6) is -0.325. The number of hydrogen-bond acceptors (Lipinski definition) is 3. The highest BCUT2D eigenvalue weighted by Crippen LogP contribution is 2.39. The van der Waals surface area contributed by atoms with E-state index in [1.54, 1.807) is 6.92 Å². The zero-order valence-electron chi connectivity index (χ0n) is 12.0. The number of alkyl halides is 3. The van der Waals surface area contributed by atoms with Crippen molar-refractivity contribution in [3.8, 4) is 16.9 Å². The molecule has 0 bridgehead atoms. The topological polar surface area (TPSA) is 51.3 Å². The maximum absolute atomic E-state index is 13.1. The molecule has 0 aliphatic rings. The summed E-state index contributed by atoms with van der Waals surface area (Å²) in [4.78, 5) is 14.2. The summed E-state index contributed by atoms with van der Waals surface area (Å²) in [7, 11) is 1.45. The van der Waals surface area contributed by atoms with Gasteiger partial charge in [-0.3, -0.25) is 0 Å². The minimum absolute atomic E-state index is 0.0707. The van der Waals surface area contributed by atoms with Gasteiger partial charge in [-0.25, -0.2) is 4.79 Å². The molecule has 1 heterocycles. The Bertz CT molecular complexity index is 660. The lowest BCUT2D eigenvalue weighted by atomic mass is 10.0. The van der Waals surface area contributed by atoms with Crippen LogP contribution in [-0.4, -0.2) is 24.7 Å². The fourth-order valence-corrected chi connectivity index (χ4v) is 2.07. The Morgan fingerprint density at radius 3 is 2.36 bits per heavy atom. The van der Waals surface area contributed by atoms with Crippen LogP contribution < -0.4 is 4.74 Å². The van der Waals surface area contributed by atoms with E-state index in [0.29, 0.717) is 5.75 Å². The van der Waals surface area contributed by atoms with E-state index < -0.39 is 17.7 Å². The molecule has 0 amide bonds. The molecule has 0 atom stereocenters. The Kier molecular flexibility index (Phi) is 4.44. The zero-order valence-corrected chi connectivity index (χ0v) is 12.0. The van der Waals surface area contributed by atoms with Gasteiger partial charge in [-0.2, -0.15) is 13.2 Å². The number of ether oxygens (including phenoxy) is 2. The molecule has 0 unspecified atom stereocenters. The average molecular weight is 313 g/mol. The van der Waals surface area contributed by atoms with Crippen molar-refractivity contribution in [1.82, 2.24) is 4.98 Å². The molecule has 4 nitrogen and oxygen atoms in total. The normalized spacial score (nSPS) is 11.3. The second-order valence-electron chi connectivity index (χ2n) is 4.40. The van der Waals surface area contributed by atoms with Crippen molar-refractivity contribution in [1.29, 1.82) is 0 Å². The standard InChI is InChI=1S/C15H14F3NO3/c1-3-22-14(20)13-12(11(8-19-13)15(16,17)18)9-4-6-10(21-2)7-5-9/h4-8,19H,3H2,1-2H3. The van der Waals surface area contributed by atoms with E-state index in [0.717, 1.165) is 6.20 Å². The number of aromatic nitrogens is 1. The van der Waals surface area contributed by atoms with Gasteiger partial charge in [0.2, 0.25) is 0 Å². The fourth-order valence-electron chi connectivity index (χ4n) is 2.07.